The molecular formula is C15H13F9N6. The number of nitrogens with zero attached hydrogens (tertiary/aromatic N) is 5. The van der Waals surface area contributed by atoms with Crippen LogP contribution >= 0.6 is 0 Å². The summed E-state index contributed by atoms with van der Waals surface area (Å²) in [4.78, 5) is 13.4. The highest BCUT2D eigenvalue weighted by molar-refractivity contribution is 5.54. The molecule has 0 aliphatic carbocycles. The molecule has 15 heteroatoms. The molecule has 2 heterocycles. The molecule has 0 fully saturated rings. The minimum Gasteiger partial charge on any atom is -0.368 e. The van der Waals surface area contributed by atoms with Crippen molar-refractivity contribution in [2.45, 2.75) is 44.5 Å². The van der Waals surface area contributed by atoms with E-state index >= 15 is 0 Å². The molecule has 0 amide bonds. The van der Waals surface area contributed by atoms with Gasteiger partial charge in [-0.3, -0.25) is 0 Å². The van der Waals surface area contributed by atoms with Gasteiger partial charge in [-0.2, -0.15) is 54.5 Å². The average molecular weight is 448 g/mol. The molecule has 2 aromatic heterocycles. The summed E-state index contributed by atoms with van der Waals surface area (Å²) in [7, 11) is 0. The number of halogens is 9. The number of aromatic nitrogens is 4. The van der Waals surface area contributed by atoms with E-state index in [9.17, 15) is 39.5 Å². The van der Waals surface area contributed by atoms with E-state index in [1.165, 1.54) is 0 Å². The van der Waals surface area contributed by atoms with E-state index in [4.69, 9.17) is 5.73 Å². The highest BCUT2D eigenvalue weighted by Gasteiger charge is 2.50. The van der Waals surface area contributed by atoms with Gasteiger partial charge in [0.05, 0.1) is 0 Å². The maximum atomic E-state index is 13.2. The Labute approximate surface area is 163 Å². The summed E-state index contributed by atoms with van der Waals surface area (Å²) in [6, 6.07) is -2.91. The zero-order valence-corrected chi connectivity index (χ0v) is 15.1. The Kier molecular flexibility index (Phi) is 6.05. The van der Waals surface area contributed by atoms with Crippen LogP contribution in [0.5, 0.6) is 0 Å². The van der Waals surface area contributed by atoms with Crippen molar-refractivity contribution >= 4 is 11.9 Å². The predicted molar refractivity (Wildman–Crippen MR) is 86.0 cm³/mol. The number of nitrogen functional groups attached to an aromatic ring is 1. The van der Waals surface area contributed by atoms with Crippen LogP contribution in [-0.2, 0) is 6.18 Å². The average Bonchev–Trinajstić information content (AvgIpc) is 2.59. The topological polar surface area (TPSA) is 80.8 Å². The molecular weight excluding hydrogens is 435 g/mol. The highest BCUT2D eigenvalue weighted by atomic mass is 19.4. The van der Waals surface area contributed by atoms with Crippen molar-refractivity contribution in [3.05, 3.63) is 23.9 Å². The monoisotopic (exact) mass is 448 g/mol. The second-order valence-corrected chi connectivity index (χ2v) is 6.07. The summed E-state index contributed by atoms with van der Waals surface area (Å²) in [5.74, 6) is -2.65. The molecule has 2 aromatic rings. The van der Waals surface area contributed by atoms with Gasteiger partial charge in [0, 0.05) is 0 Å². The maximum Gasteiger partial charge on any atom is 0.433 e. The van der Waals surface area contributed by atoms with E-state index in [1.54, 1.807) is 0 Å². The third-order valence-corrected chi connectivity index (χ3v) is 3.92. The van der Waals surface area contributed by atoms with Crippen LogP contribution in [0.4, 0.5) is 51.4 Å². The minimum atomic E-state index is -5.12. The van der Waals surface area contributed by atoms with Crippen molar-refractivity contribution in [3.8, 4) is 11.5 Å². The number of hydrogen-bond acceptors (Lipinski definition) is 6. The lowest BCUT2D eigenvalue weighted by Gasteiger charge is -2.36. The van der Waals surface area contributed by atoms with Gasteiger partial charge in [-0.25, -0.2) is 4.98 Å². The van der Waals surface area contributed by atoms with Crippen LogP contribution in [0.3, 0.4) is 0 Å². The van der Waals surface area contributed by atoms with Crippen LogP contribution in [0.15, 0.2) is 18.2 Å². The second kappa shape index (κ2) is 7.75. The van der Waals surface area contributed by atoms with Gasteiger partial charge in [0.2, 0.25) is 11.9 Å². The third-order valence-electron chi connectivity index (χ3n) is 3.92. The molecule has 6 nitrogen and oxygen atoms in total. The quantitative estimate of drug-likeness (QED) is 0.705. The van der Waals surface area contributed by atoms with Gasteiger partial charge in [-0.1, -0.05) is 6.07 Å². The molecule has 0 radical (unpaired) electrons. The highest BCUT2D eigenvalue weighted by Crippen LogP contribution is 2.35. The van der Waals surface area contributed by atoms with Gasteiger partial charge in [-0.05, 0) is 26.0 Å². The zero-order valence-electron chi connectivity index (χ0n) is 15.1. The Hall–Kier alpha value is -2.87. The van der Waals surface area contributed by atoms with Gasteiger partial charge in [0.1, 0.15) is 23.5 Å². The number of anilines is 2. The van der Waals surface area contributed by atoms with Crippen molar-refractivity contribution < 1.29 is 39.5 Å². The van der Waals surface area contributed by atoms with Crippen LogP contribution in [-0.4, -0.2) is 44.4 Å². The van der Waals surface area contributed by atoms with E-state index in [2.05, 4.69) is 19.9 Å². The molecule has 0 unspecified atom stereocenters. The van der Waals surface area contributed by atoms with Crippen LogP contribution in [0.2, 0.25) is 0 Å². The summed E-state index contributed by atoms with van der Waals surface area (Å²) in [6.07, 6.45) is -15.1. The number of hydrogen-bond donors (Lipinski definition) is 1. The van der Waals surface area contributed by atoms with Gasteiger partial charge < -0.3 is 10.6 Å². The molecule has 0 bridgehead atoms. The minimum absolute atomic E-state index is 0.185. The first-order valence-corrected chi connectivity index (χ1v) is 7.99. The Morgan fingerprint density at radius 1 is 0.800 bits per heavy atom. The Morgan fingerprint density at radius 2 is 1.33 bits per heavy atom. The largest absolute Gasteiger partial charge is 0.433 e. The molecule has 2 rings (SSSR count). The van der Waals surface area contributed by atoms with Crippen molar-refractivity contribution in [1.29, 1.82) is 0 Å². The van der Waals surface area contributed by atoms with Crippen molar-refractivity contribution in [2.24, 2.45) is 0 Å². The van der Waals surface area contributed by atoms with Crippen LogP contribution in [0, 0.1) is 0 Å². The smallest absolute Gasteiger partial charge is 0.368 e. The van der Waals surface area contributed by atoms with E-state index in [1.807, 2.05) is 0 Å². The molecule has 0 saturated carbocycles. The standard InChI is InChI=1S/C15H13F9N6/c1-6(13(16,17)18)30(7(2)14(19,20)21)12-28-10(27-11(25)29-12)8-4-3-5-9(26-8)15(22,23)24/h3-7H,1-2H3,(H2,25,27,28,29)/t6-,7-/m1/s1. The fraction of sp³-hybridized carbons (Fsp3) is 0.467. The summed E-state index contributed by atoms with van der Waals surface area (Å²) in [5, 5.41) is 0. The van der Waals surface area contributed by atoms with Crippen LogP contribution in [0.1, 0.15) is 19.5 Å². The Bertz CT molecular complexity index is 873. The summed E-state index contributed by atoms with van der Waals surface area (Å²) >= 11 is 0. The number of nitrogens with two attached hydrogens (primary N) is 1. The van der Waals surface area contributed by atoms with E-state index in [0.29, 0.717) is 19.9 Å². The van der Waals surface area contributed by atoms with Crippen LogP contribution in [0.25, 0.3) is 11.5 Å². The zero-order chi connectivity index (χ0) is 23.1. The fourth-order valence-electron chi connectivity index (χ4n) is 2.33. The molecule has 0 aromatic carbocycles. The second-order valence-electron chi connectivity index (χ2n) is 6.07. The number of rotatable bonds is 4. The van der Waals surface area contributed by atoms with Gasteiger partial charge in [0.15, 0.2) is 5.82 Å². The first kappa shape index (κ1) is 23.4. The van der Waals surface area contributed by atoms with Gasteiger partial charge in [0.25, 0.3) is 0 Å². The molecule has 0 aliphatic rings. The normalized spacial score (nSPS) is 15.0. The molecule has 2 N–H and O–H groups in total. The van der Waals surface area contributed by atoms with Crippen LogP contribution < -0.4 is 10.6 Å². The molecule has 0 spiro atoms. The van der Waals surface area contributed by atoms with Crippen molar-refractivity contribution in [1.82, 2.24) is 19.9 Å². The maximum absolute atomic E-state index is 13.2. The number of pyridine rings is 1. The van der Waals surface area contributed by atoms with Crippen molar-refractivity contribution in [2.75, 3.05) is 10.6 Å². The predicted octanol–water partition coefficient (Wildman–Crippen LogP) is 4.24. The molecule has 0 aliphatic heterocycles. The van der Waals surface area contributed by atoms with Gasteiger partial charge in [-0.15, -0.1) is 0 Å². The Balaban J connectivity index is 2.64. The number of alkyl halides is 9. The molecule has 2 atom stereocenters. The van der Waals surface area contributed by atoms with Gasteiger partial charge >= 0.3 is 18.5 Å². The summed E-state index contributed by atoms with van der Waals surface area (Å²) < 4.78 is 118. The fourth-order valence-corrected chi connectivity index (χ4v) is 2.33. The van der Waals surface area contributed by atoms with E-state index < -0.39 is 59.7 Å². The lowest BCUT2D eigenvalue weighted by molar-refractivity contribution is -0.169. The van der Waals surface area contributed by atoms with Crippen molar-refractivity contribution in [3.63, 3.8) is 0 Å². The Morgan fingerprint density at radius 3 is 1.80 bits per heavy atom. The van der Waals surface area contributed by atoms with E-state index in [-0.39, 0.29) is 4.90 Å². The molecule has 30 heavy (non-hydrogen) atoms. The third kappa shape index (κ3) is 5.18. The molecule has 0 saturated heterocycles. The lowest BCUT2D eigenvalue weighted by Crippen LogP contribution is -2.54. The first-order chi connectivity index (χ1) is 13.5. The summed E-state index contributed by atoms with van der Waals surface area (Å²) in [5.41, 5.74) is 3.43. The summed E-state index contributed by atoms with van der Waals surface area (Å²) in [6.45, 7) is 0.898. The first-order valence-electron chi connectivity index (χ1n) is 7.99. The molecule has 166 valence electrons. The lowest BCUT2D eigenvalue weighted by atomic mass is 10.2. The SMILES string of the molecule is C[C@@H](N(c1nc(N)nc(-c2cccc(C(F)(F)F)n2)n1)[C@H](C)C(F)(F)F)C(F)(F)F. The van der Waals surface area contributed by atoms with E-state index in [0.717, 1.165) is 12.1 Å².